The van der Waals surface area contributed by atoms with Crippen LogP contribution in [0.2, 0.25) is 0 Å². The van der Waals surface area contributed by atoms with Gasteiger partial charge in [0.2, 0.25) is 5.91 Å². The molecule has 1 aliphatic carbocycles. The van der Waals surface area contributed by atoms with Crippen LogP contribution in [0.3, 0.4) is 0 Å². The number of thiophene rings is 1. The highest BCUT2D eigenvalue weighted by Crippen LogP contribution is 2.38. The Morgan fingerprint density at radius 1 is 1.50 bits per heavy atom. The summed E-state index contributed by atoms with van der Waals surface area (Å²) in [6, 6.07) is 2.17. The van der Waals surface area contributed by atoms with Crippen LogP contribution < -0.4 is 5.32 Å². The zero-order valence-electron chi connectivity index (χ0n) is 9.91. The number of thioether (sulfide) groups is 1. The zero-order chi connectivity index (χ0) is 13.1. The van der Waals surface area contributed by atoms with Gasteiger partial charge in [-0.05, 0) is 24.8 Å². The fourth-order valence-corrected chi connectivity index (χ4v) is 3.60. The van der Waals surface area contributed by atoms with Crippen molar-refractivity contribution in [2.75, 3.05) is 11.1 Å². The maximum atomic E-state index is 11.6. The Labute approximate surface area is 113 Å². The van der Waals surface area contributed by atoms with Crippen molar-refractivity contribution in [3.05, 3.63) is 16.0 Å². The number of carbonyl (C=O) groups excluding carboxylic acids is 2. The van der Waals surface area contributed by atoms with Crippen molar-refractivity contribution in [3.63, 3.8) is 0 Å². The molecule has 6 heteroatoms. The van der Waals surface area contributed by atoms with Crippen molar-refractivity contribution in [2.24, 2.45) is 0 Å². The fraction of sp³-hybridized carbons (Fsp3) is 0.417. The first-order valence-electron chi connectivity index (χ1n) is 5.59. The Hall–Kier alpha value is -1.32. The third kappa shape index (κ3) is 2.74. The molecule has 1 aromatic rings. The lowest BCUT2D eigenvalue weighted by Gasteiger charge is -2.02. The highest BCUT2D eigenvalue weighted by molar-refractivity contribution is 8.14. The molecule has 1 amide bonds. The van der Waals surface area contributed by atoms with E-state index in [1.165, 1.54) is 23.1 Å². The number of hydrogen-bond acceptors (Lipinski definition) is 5. The number of nitrogens with one attached hydrogen (secondary N) is 1. The van der Waals surface area contributed by atoms with Gasteiger partial charge in [0.05, 0.1) is 11.3 Å². The lowest BCUT2D eigenvalue weighted by Crippen LogP contribution is -2.14. The number of carbonyl (C=O) groups is 2. The van der Waals surface area contributed by atoms with Crippen LogP contribution >= 0.6 is 23.1 Å². The van der Waals surface area contributed by atoms with E-state index in [1.54, 1.807) is 0 Å². The van der Waals surface area contributed by atoms with Gasteiger partial charge in [0.15, 0.2) is 5.12 Å². The van der Waals surface area contributed by atoms with Crippen molar-refractivity contribution >= 4 is 39.1 Å². The Balaban J connectivity index is 2.08. The first kappa shape index (κ1) is 13.1. The average Bonchev–Trinajstić information content (AvgIpc) is 2.86. The van der Waals surface area contributed by atoms with Gasteiger partial charge < -0.3 is 5.32 Å². The van der Waals surface area contributed by atoms with Gasteiger partial charge in [-0.15, -0.1) is 11.3 Å². The Morgan fingerprint density at radius 3 is 2.94 bits per heavy atom. The van der Waals surface area contributed by atoms with E-state index < -0.39 is 0 Å². The predicted molar refractivity (Wildman–Crippen MR) is 72.8 cm³/mol. The average molecular weight is 280 g/mol. The number of amides is 1. The molecule has 0 bridgehead atoms. The molecule has 1 heterocycles. The molecule has 0 spiro atoms. The first-order valence-corrected chi connectivity index (χ1v) is 7.40. The van der Waals surface area contributed by atoms with E-state index in [1.807, 2.05) is 0 Å². The van der Waals surface area contributed by atoms with E-state index >= 15 is 0 Å². The first-order chi connectivity index (χ1) is 8.61. The molecular formula is C12H12N2O2S2. The largest absolute Gasteiger partial charge is 0.316 e. The van der Waals surface area contributed by atoms with E-state index in [0.29, 0.717) is 10.6 Å². The van der Waals surface area contributed by atoms with E-state index in [4.69, 9.17) is 5.26 Å². The molecule has 1 aliphatic rings. The second-order valence-corrected chi connectivity index (χ2v) is 6.26. The maximum absolute atomic E-state index is 11.6. The molecule has 0 atom stereocenters. The highest BCUT2D eigenvalue weighted by atomic mass is 32.2. The second kappa shape index (κ2) is 5.55. The van der Waals surface area contributed by atoms with E-state index in [2.05, 4.69) is 11.4 Å². The third-order valence-corrected chi connectivity index (χ3v) is 4.71. The summed E-state index contributed by atoms with van der Waals surface area (Å²) in [5, 5.41) is 12.4. The minimum atomic E-state index is -0.230. The smallest absolute Gasteiger partial charge is 0.235 e. The number of nitrogens with zero attached hydrogens (tertiary/aromatic N) is 1. The van der Waals surface area contributed by atoms with Gasteiger partial charge in [0, 0.05) is 11.8 Å². The van der Waals surface area contributed by atoms with Gasteiger partial charge in [-0.2, -0.15) is 5.26 Å². The van der Waals surface area contributed by atoms with Crippen molar-refractivity contribution in [1.29, 1.82) is 5.26 Å². The Bertz CT molecular complexity index is 543. The lowest BCUT2D eigenvalue weighted by molar-refractivity contribution is -0.114. The summed E-state index contributed by atoms with van der Waals surface area (Å²) in [6.07, 6.45) is 3.00. The molecule has 0 aliphatic heterocycles. The van der Waals surface area contributed by atoms with Crippen LogP contribution in [0.25, 0.3) is 0 Å². The highest BCUT2D eigenvalue weighted by Gasteiger charge is 2.22. The summed E-state index contributed by atoms with van der Waals surface area (Å²) in [5.41, 5.74) is 1.70. The van der Waals surface area contributed by atoms with Gasteiger partial charge in [-0.3, -0.25) is 9.59 Å². The van der Waals surface area contributed by atoms with Gasteiger partial charge in [-0.1, -0.05) is 11.8 Å². The zero-order valence-corrected chi connectivity index (χ0v) is 11.5. The third-order valence-electron chi connectivity index (χ3n) is 2.69. The monoisotopic (exact) mass is 280 g/mol. The van der Waals surface area contributed by atoms with Crippen LogP contribution in [-0.2, 0) is 22.4 Å². The van der Waals surface area contributed by atoms with Crippen LogP contribution in [-0.4, -0.2) is 16.8 Å². The van der Waals surface area contributed by atoms with Crippen LogP contribution in [0.5, 0.6) is 0 Å². The SMILES string of the molecule is CC(=O)SCC(=O)Nc1sc2c(c1C#N)CCC2. The molecule has 18 heavy (non-hydrogen) atoms. The Kier molecular flexibility index (Phi) is 4.04. The van der Waals surface area contributed by atoms with Crippen LogP contribution in [0.15, 0.2) is 0 Å². The van der Waals surface area contributed by atoms with Crippen molar-refractivity contribution in [2.45, 2.75) is 26.2 Å². The normalized spacial score (nSPS) is 12.9. The van der Waals surface area contributed by atoms with E-state index in [0.717, 1.165) is 36.6 Å². The summed E-state index contributed by atoms with van der Waals surface area (Å²) in [6.45, 7) is 1.43. The molecule has 1 aromatic heterocycles. The molecule has 1 N–H and O–H groups in total. The molecule has 94 valence electrons. The van der Waals surface area contributed by atoms with Crippen molar-refractivity contribution in [3.8, 4) is 6.07 Å². The van der Waals surface area contributed by atoms with Crippen molar-refractivity contribution in [1.82, 2.24) is 0 Å². The minimum absolute atomic E-state index is 0.0840. The van der Waals surface area contributed by atoms with Gasteiger partial charge in [-0.25, -0.2) is 0 Å². The topological polar surface area (TPSA) is 70.0 Å². The van der Waals surface area contributed by atoms with Gasteiger partial charge in [0.1, 0.15) is 11.1 Å². The molecule has 0 unspecified atom stereocenters. The molecule has 0 saturated heterocycles. The van der Waals surface area contributed by atoms with Gasteiger partial charge >= 0.3 is 0 Å². The van der Waals surface area contributed by atoms with Crippen molar-refractivity contribution < 1.29 is 9.59 Å². The van der Waals surface area contributed by atoms with Crippen LogP contribution in [0, 0.1) is 11.3 Å². The molecular weight excluding hydrogens is 268 g/mol. The Morgan fingerprint density at radius 2 is 2.28 bits per heavy atom. The second-order valence-electron chi connectivity index (χ2n) is 4.00. The number of hydrogen-bond donors (Lipinski definition) is 1. The number of rotatable bonds is 3. The molecule has 0 fully saturated rings. The maximum Gasteiger partial charge on any atom is 0.235 e. The standard InChI is InChI=1S/C12H12N2O2S2/c1-7(15)17-6-11(16)14-12-9(5-13)8-3-2-4-10(8)18-12/h2-4,6H2,1H3,(H,14,16). The van der Waals surface area contributed by atoms with E-state index in [9.17, 15) is 9.59 Å². The predicted octanol–water partition coefficient (Wildman–Crippen LogP) is 2.33. The molecule has 0 aromatic carbocycles. The van der Waals surface area contributed by atoms with Gasteiger partial charge in [0.25, 0.3) is 0 Å². The quantitative estimate of drug-likeness (QED) is 0.922. The number of nitriles is 1. The molecule has 0 radical (unpaired) electrons. The summed E-state index contributed by atoms with van der Waals surface area (Å²) >= 11 is 2.46. The summed E-state index contributed by atoms with van der Waals surface area (Å²) in [5.74, 6) is -0.130. The minimum Gasteiger partial charge on any atom is -0.316 e. The van der Waals surface area contributed by atoms with Crippen LogP contribution in [0.4, 0.5) is 5.00 Å². The van der Waals surface area contributed by atoms with Crippen LogP contribution in [0.1, 0.15) is 29.3 Å². The lowest BCUT2D eigenvalue weighted by atomic mass is 10.1. The molecule has 4 nitrogen and oxygen atoms in total. The number of aryl methyl sites for hydroxylation is 1. The summed E-state index contributed by atoms with van der Waals surface area (Å²) in [7, 11) is 0. The summed E-state index contributed by atoms with van der Waals surface area (Å²) in [4.78, 5) is 23.6. The van der Waals surface area contributed by atoms with E-state index in [-0.39, 0.29) is 16.8 Å². The molecule has 2 rings (SSSR count). The molecule has 0 saturated carbocycles. The fourth-order valence-electron chi connectivity index (χ4n) is 1.94. The number of fused-ring (bicyclic) bond motifs is 1. The number of anilines is 1. The summed E-state index contributed by atoms with van der Waals surface area (Å²) < 4.78 is 0.